The van der Waals surface area contributed by atoms with Gasteiger partial charge >= 0.3 is 0 Å². The third kappa shape index (κ3) is 3.00. The summed E-state index contributed by atoms with van der Waals surface area (Å²) in [4.78, 5) is 3.35. The molecule has 0 saturated heterocycles. The van der Waals surface area contributed by atoms with Crippen molar-refractivity contribution in [2.75, 3.05) is 4.72 Å². The molecule has 0 atom stereocenters. The molecule has 2 aromatic heterocycles. The van der Waals surface area contributed by atoms with Crippen LogP contribution in [-0.2, 0) is 10.0 Å². The lowest BCUT2D eigenvalue weighted by atomic mass is 10.4. The molecule has 9 heteroatoms. The Morgan fingerprint density at radius 2 is 2.17 bits per heavy atom. The van der Waals surface area contributed by atoms with Gasteiger partial charge in [-0.15, -0.1) is 11.3 Å². The van der Waals surface area contributed by atoms with Crippen molar-refractivity contribution >= 4 is 54.6 Å². The molecule has 0 unspecified atom stereocenters. The summed E-state index contributed by atoms with van der Waals surface area (Å²) in [7, 11) is -3.74. The van der Waals surface area contributed by atoms with E-state index in [2.05, 4.69) is 25.6 Å². The van der Waals surface area contributed by atoms with Gasteiger partial charge in [0.05, 0.1) is 20.7 Å². The molecule has 2 aromatic rings. The van der Waals surface area contributed by atoms with Crippen LogP contribution in [-0.4, -0.2) is 13.4 Å². The number of hydrogen-bond acceptors (Lipinski definition) is 4. The summed E-state index contributed by atoms with van der Waals surface area (Å²) in [6.45, 7) is 0. The molecular weight excluding hydrogens is 367 g/mol. The summed E-state index contributed by atoms with van der Waals surface area (Å²) in [5.41, 5.74) is 0.178. The predicted octanol–water partition coefficient (Wildman–Crippen LogP) is 3.50. The number of pyridine rings is 1. The molecule has 0 aliphatic rings. The highest BCUT2D eigenvalue weighted by Crippen LogP contribution is 2.35. The number of nitrogens with zero attached hydrogens (tertiary/aromatic N) is 1. The average molecular weight is 372 g/mol. The smallest absolute Gasteiger partial charge is 0.271 e. The zero-order valence-corrected chi connectivity index (χ0v) is 12.5. The molecule has 0 amide bonds. The van der Waals surface area contributed by atoms with E-state index in [-0.39, 0.29) is 9.90 Å². The first-order valence-electron chi connectivity index (χ1n) is 4.48. The van der Waals surface area contributed by atoms with Gasteiger partial charge in [0.2, 0.25) is 5.95 Å². The molecule has 0 aliphatic heterocycles. The van der Waals surface area contributed by atoms with Crippen molar-refractivity contribution in [2.45, 2.75) is 4.21 Å². The predicted molar refractivity (Wildman–Crippen MR) is 72.0 cm³/mol. The van der Waals surface area contributed by atoms with Crippen LogP contribution >= 0.6 is 38.9 Å². The van der Waals surface area contributed by atoms with Gasteiger partial charge in [0.1, 0.15) is 4.21 Å². The standard InChI is InChI=1S/C9H5BrClFN2O2S2/c10-9-6(11)3-8(17-9)18(15,16)14-5-1-2-7(12)13-4-5/h1-4,14H. The number of sulfonamides is 1. The van der Waals surface area contributed by atoms with Gasteiger partial charge in [-0.2, -0.15) is 4.39 Å². The third-order valence-corrected chi connectivity index (χ3v) is 6.20. The van der Waals surface area contributed by atoms with Gasteiger partial charge in [0, 0.05) is 0 Å². The van der Waals surface area contributed by atoms with E-state index in [9.17, 15) is 12.8 Å². The van der Waals surface area contributed by atoms with Crippen LogP contribution in [0.2, 0.25) is 5.02 Å². The van der Waals surface area contributed by atoms with Crippen molar-refractivity contribution in [3.63, 3.8) is 0 Å². The second-order valence-electron chi connectivity index (χ2n) is 3.16. The fourth-order valence-electron chi connectivity index (χ4n) is 1.10. The van der Waals surface area contributed by atoms with Crippen LogP contribution in [0.4, 0.5) is 10.1 Å². The van der Waals surface area contributed by atoms with Crippen LogP contribution in [0.3, 0.4) is 0 Å². The normalized spacial score (nSPS) is 11.5. The van der Waals surface area contributed by atoms with Crippen molar-refractivity contribution in [1.29, 1.82) is 0 Å². The second kappa shape index (κ2) is 5.12. The summed E-state index contributed by atoms with van der Waals surface area (Å²) in [5, 5.41) is 0.317. The Morgan fingerprint density at radius 1 is 1.44 bits per heavy atom. The molecule has 2 rings (SSSR count). The molecule has 0 aromatic carbocycles. The highest BCUT2D eigenvalue weighted by molar-refractivity contribution is 9.11. The minimum absolute atomic E-state index is 0.0590. The van der Waals surface area contributed by atoms with Crippen molar-refractivity contribution in [2.24, 2.45) is 0 Å². The van der Waals surface area contributed by atoms with E-state index in [1.54, 1.807) is 0 Å². The number of hydrogen-bond donors (Lipinski definition) is 1. The molecule has 96 valence electrons. The Bertz CT molecular complexity index is 653. The van der Waals surface area contributed by atoms with E-state index >= 15 is 0 Å². The van der Waals surface area contributed by atoms with Crippen LogP contribution in [0, 0.1) is 5.95 Å². The Labute approximate surface area is 120 Å². The maximum atomic E-state index is 12.6. The summed E-state index contributed by atoms with van der Waals surface area (Å²) in [6.07, 6.45) is 1.09. The first-order valence-corrected chi connectivity index (χ1v) is 7.95. The fraction of sp³-hybridized carbons (Fsp3) is 0. The topological polar surface area (TPSA) is 59.1 Å². The lowest BCUT2D eigenvalue weighted by Gasteiger charge is -2.04. The second-order valence-corrected chi connectivity index (χ2v) is 7.85. The Kier molecular flexibility index (Phi) is 3.90. The number of nitrogens with one attached hydrogen (secondary N) is 1. The molecule has 1 N–H and O–H groups in total. The van der Waals surface area contributed by atoms with Crippen LogP contribution in [0.5, 0.6) is 0 Å². The minimum Gasteiger partial charge on any atom is -0.277 e. The highest BCUT2D eigenvalue weighted by atomic mass is 79.9. The van der Waals surface area contributed by atoms with Gasteiger partial charge < -0.3 is 0 Å². The lowest BCUT2D eigenvalue weighted by Crippen LogP contribution is -2.11. The summed E-state index contributed by atoms with van der Waals surface area (Å²) in [6, 6.07) is 3.68. The highest BCUT2D eigenvalue weighted by Gasteiger charge is 2.19. The zero-order chi connectivity index (χ0) is 13.3. The van der Waals surface area contributed by atoms with Crippen LogP contribution in [0.25, 0.3) is 0 Å². The van der Waals surface area contributed by atoms with Gasteiger partial charge in [-0.25, -0.2) is 13.4 Å². The van der Waals surface area contributed by atoms with Gasteiger partial charge in [-0.3, -0.25) is 4.72 Å². The number of halogens is 3. The zero-order valence-electron chi connectivity index (χ0n) is 8.52. The number of rotatable bonds is 3. The fourth-order valence-corrected chi connectivity index (χ4v) is 4.54. The van der Waals surface area contributed by atoms with Gasteiger partial charge in [0.25, 0.3) is 10.0 Å². The first-order chi connectivity index (χ1) is 8.38. The monoisotopic (exact) mass is 370 g/mol. The van der Waals surface area contributed by atoms with Crippen LogP contribution in [0.15, 0.2) is 32.4 Å². The minimum atomic E-state index is -3.74. The number of aromatic nitrogens is 1. The van der Waals surface area contributed by atoms with E-state index in [1.807, 2.05) is 0 Å². The molecule has 0 fully saturated rings. The number of anilines is 1. The quantitative estimate of drug-likeness (QED) is 0.840. The Morgan fingerprint density at radius 3 is 2.67 bits per heavy atom. The molecule has 0 spiro atoms. The first kappa shape index (κ1) is 13.7. The van der Waals surface area contributed by atoms with E-state index in [0.29, 0.717) is 8.81 Å². The average Bonchev–Trinajstić information content (AvgIpc) is 2.63. The summed E-state index contributed by atoms with van der Waals surface area (Å²) >= 11 is 9.89. The molecule has 2 heterocycles. The Balaban J connectivity index is 2.29. The van der Waals surface area contributed by atoms with E-state index in [1.165, 1.54) is 12.1 Å². The van der Waals surface area contributed by atoms with Crippen molar-refractivity contribution in [3.8, 4) is 0 Å². The molecule has 0 bridgehead atoms. The van der Waals surface area contributed by atoms with E-state index in [4.69, 9.17) is 11.6 Å². The van der Waals surface area contributed by atoms with Crippen molar-refractivity contribution < 1.29 is 12.8 Å². The molecule has 0 radical (unpaired) electrons. The summed E-state index contributed by atoms with van der Waals surface area (Å²) < 4.78 is 39.4. The lowest BCUT2D eigenvalue weighted by molar-refractivity contribution is 0.583. The third-order valence-electron chi connectivity index (χ3n) is 1.87. The van der Waals surface area contributed by atoms with E-state index < -0.39 is 16.0 Å². The summed E-state index contributed by atoms with van der Waals surface area (Å²) in [5.74, 6) is -0.681. The van der Waals surface area contributed by atoms with Gasteiger partial charge in [-0.05, 0) is 34.1 Å². The Hall–Kier alpha value is -0.700. The maximum Gasteiger partial charge on any atom is 0.271 e. The molecule has 18 heavy (non-hydrogen) atoms. The molecule has 0 aliphatic carbocycles. The SMILES string of the molecule is O=S(=O)(Nc1ccc(F)nc1)c1cc(Cl)c(Br)s1. The van der Waals surface area contributed by atoms with Gasteiger partial charge in [0.15, 0.2) is 0 Å². The molecular formula is C9H5BrClFN2O2S2. The largest absolute Gasteiger partial charge is 0.277 e. The van der Waals surface area contributed by atoms with Crippen molar-refractivity contribution in [3.05, 3.63) is 39.2 Å². The number of thiophene rings is 1. The van der Waals surface area contributed by atoms with Gasteiger partial charge in [-0.1, -0.05) is 11.6 Å². The molecule has 4 nitrogen and oxygen atoms in total. The van der Waals surface area contributed by atoms with Crippen LogP contribution in [0.1, 0.15) is 0 Å². The van der Waals surface area contributed by atoms with Crippen molar-refractivity contribution in [1.82, 2.24) is 4.98 Å². The maximum absolute atomic E-state index is 12.6. The molecule has 0 saturated carbocycles. The van der Waals surface area contributed by atoms with Crippen LogP contribution < -0.4 is 4.72 Å². The van der Waals surface area contributed by atoms with E-state index in [0.717, 1.165) is 23.6 Å².